The summed E-state index contributed by atoms with van der Waals surface area (Å²) >= 11 is 0. The van der Waals surface area contributed by atoms with E-state index in [0.29, 0.717) is 30.6 Å². The largest absolute Gasteiger partial charge is 0.427 e. The van der Waals surface area contributed by atoms with Crippen molar-refractivity contribution in [2.75, 3.05) is 0 Å². The van der Waals surface area contributed by atoms with E-state index < -0.39 is 5.97 Å². The topological polar surface area (TPSA) is 96.0 Å². The van der Waals surface area contributed by atoms with Gasteiger partial charge in [0.15, 0.2) is 5.78 Å². The second-order valence-corrected chi connectivity index (χ2v) is 15.7. The molecule has 7 heteroatoms. The molecule has 2 aromatic carbocycles. The molecule has 0 aliphatic carbocycles. The SMILES string of the molecule is CCCCCCCCCCCC(=O)Oc1ccc(C(=O)c2ccc(OC(=O)CCCCCCCCCCC)cc2OC(=O)CCCCCCCCCCC)cc1. The summed E-state index contributed by atoms with van der Waals surface area (Å²) in [7, 11) is 0. The van der Waals surface area contributed by atoms with Gasteiger partial charge in [0.1, 0.15) is 17.2 Å². The van der Waals surface area contributed by atoms with E-state index in [9.17, 15) is 19.2 Å². The first-order valence-corrected chi connectivity index (χ1v) is 22.8. The van der Waals surface area contributed by atoms with Crippen LogP contribution in [0, 0.1) is 0 Å². The maximum atomic E-state index is 13.7. The van der Waals surface area contributed by atoms with Gasteiger partial charge in [-0.2, -0.15) is 0 Å². The van der Waals surface area contributed by atoms with Gasteiger partial charge >= 0.3 is 17.9 Å². The van der Waals surface area contributed by atoms with Crippen molar-refractivity contribution in [3.8, 4) is 17.2 Å². The lowest BCUT2D eigenvalue weighted by molar-refractivity contribution is -0.135. The van der Waals surface area contributed by atoms with Crippen molar-refractivity contribution in [1.29, 1.82) is 0 Å². The predicted molar refractivity (Wildman–Crippen MR) is 229 cm³/mol. The maximum absolute atomic E-state index is 13.7. The van der Waals surface area contributed by atoms with Crippen LogP contribution in [0.4, 0.5) is 0 Å². The molecular weight excluding hydrogens is 701 g/mol. The number of carbonyl (C=O) groups is 4. The minimum absolute atomic E-state index is 0.0701. The van der Waals surface area contributed by atoms with Crippen molar-refractivity contribution in [2.24, 2.45) is 0 Å². The zero-order valence-electron chi connectivity index (χ0n) is 35.6. The highest BCUT2D eigenvalue weighted by molar-refractivity contribution is 6.11. The van der Waals surface area contributed by atoms with E-state index >= 15 is 0 Å². The Kier molecular flexibility index (Phi) is 28.3. The molecule has 2 rings (SSSR count). The number of ketones is 1. The number of hydrogen-bond acceptors (Lipinski definition) is 7. The lowest BCUT2D eigenvalue weighted by Gasteiger charge is -2.13. The zero-order chi connectivity index (χ0) is 40.5. The van der Waals surface area contributed by atoms with Gasteiger partial charge < -0.3 is 14.2 Å². The van der Waals surface area contributed by atoms with Crippen LogP contribution in [0.5, 0.6) is 17.2 Å². The van der Waals surface area contributed by atoms with Crippen molar-refractivity contribution in [3.05, 3.63) is 53.6 Å². The first-order valence-electron chi connectivity index (χ1n) is 22.8. The molecule has 56 heavy (non-hydrogen) atoms. The molecule has 0 aliphatic heterocycles. The van der Waals surface area contributed by atoms with Crippen LogP contribution in [0.2, 0.25) is 0 Å². The van der Waals surface area contributed by atoms with Gasteiger partial charge in [0.2, 0.25) is 0 Å². The number of rotatable bonds is 35. The van der Waals surface area contributed by atoms with Gasteiger partial charge in [0, 0.05) is 30.9 Å². The maximum Gasteiger partial charge on any atom is 0.311 e. The van der Waals surface area contributed by atoms with Crippen LogP contribution < -0.4 is 14.2 Å². The van der Waals surface area contributed by atoms with Crippen molar-refractivity contribution < 1.29 is 33.4 Å². The Labute approximate surface area is 340 Å². The second-order valence-electron chi connectivity index (χ2n) is 15.7. The molecule has 0 radical (unpaired) electrons. The fourth-order valence-electron chi connectivity index (χ4n) is 6.95. The average Bonchev–Trinajstić information content (AvgIpc) is 3.19. The number of benzene rings is 2. The molecule has 0 amide bonds. The van der Waals surface area contributed by atoms with E-state index in [1.54, 1.807) is 36.4 Å². The quantitative estimate of drug-likeness (QED) is 0.0298. The fourth-order valence-corrected chi connectivity index (χ4v) is 6.95. The van der Waals surface area contributed by atoms with Crippen LogP contribution in [0.3, 0.4) is 0 Å². The summed E-state index contributed by atoms with van der Waals surface area (Å²) in [5, 5.41) is 0. The summed E-state index contributed by atoms with van der Waals surface area (Å²) in [6.07, 6.45) is 32.1. The molecule has 0 fully saturated rings. The Bertz CT molecular complexity index is 1350. The Morgan fingerprint density at radius 1 is 0.375 bits per heavy atom. The molecular formula is C49H76O7. The molecule has 314 valence electrons. The Balaban J connectivity index is 1.95. The van der Waals surface area contributed by atoms with Crippen LogP contribution in [0.15, 0.2) is 42.5 Å². The molecule has 0 bridgehead atoms. The van der Waals surface area contributed by atoms with E-state index in [1.807, 2.05) is 0 Å². The van der Waals surface area contributed by atoms with Gasteiger partial charge in [-0.1, -0.05) is 175 Å². The highest BCUT2D eigenvalue weighted by Gasteiger charge is 2.20. The molecule has 0 unspecified atom stereocenters. The van der Waals surface area contributed by atoms with E-state index in [2.05, 4.69) is 20.8 Å². The van der Waals surface area contributed by atoms with Crippen molar-refractivity contribution in [2.45, 2.75) is 213 Å². The smallest absolute Gasteiger partial charge is 0.311 e. The number of carbonyl (C=O) groups excluding carboxylic acids is 4. The van der Waals surface area contributed by atoms with Crippen LogP contribution >= 0.6 is 0 Å². The van der Waals surface area contributed by atoms with Crippen molar-refractivity contribution in [3.63, 3.8) is 0 Å². The second kappa shape index (κ2) is 32.6. The summed E-state index contributed by atoms with van der Waals surface area (Å²) in [4.78, 5) is 51.9. The number of ether oxygens (including phenoxy) is 3. The zero-order valence-corrected chi connectivity index (χ0v) is 35.6. The third-order valence-corrected chi connectivity index (χ3v) is 10.5. The van der Waals surface area contributed by atoms with Crippen LogP contribution in [-0.2, 0) is 14.4 Å². The molecule has 0 heterocycles. The number of esters is 3. The first-order chi connectivity index (χ1) is 27.4. The summed E-state index contributed by atoms with van der Waals surface area (Å²) in [6.45, 7) is 6.67. The third kappa shape index (κ3) is 23.6. The standard InChI is InChI=1S/C49H76O7/c1-4-7-10-13-16-19-22-25-28-31-46(50)54-42-36-34-41(35-37-42)49(53)44-39-38-43(55-47(51)32-29-26-23-20-17-14-11-8-5-2)40-45(44)56-48(52)33-30-27-24-21-18-15-12-9-6-3/h34-40H,4-33H2,1-3H3. The summed E-state index contributed by atoms with van der Waals surface area (Å²) in [5.41, 5.74) is 0.550. The van der Waals surface area contributed by atoms with Gasteiger partial charge in [-0.3, -0.25) is 19.2 Å². The van der Waals surface area contributed by atoms with Crippen LogP contribution in [-0.4, -0.2) is 23.7 Å². The minimum Gasteiger partial charge on any atom is -0.427 e. The van der Waals surface area contributed by atoms with Crippen LogP contribution in [0.25, 0.3) is 0 Å². The third-order valence-electron chi connectivity index (χ3n) is 10.5. The Hall–Kier alpha value is -3.48. The van der Waals surface area contributed by atoms with Gasteiger partial charge in [0.25, 0.3) is 0 Å². The lowest BCUT2D eigenvalue weighted by atomic mass is 10.0. The fraction of sp³-hybridized carbons (Fsp3) is 0.673. The van der Waals surface area contributed by atoms with Crippen molar-refractivity contribution in [1.82, 2.24) is 0 Å². The normalized spacial score (nSPS) is 11.1. The average molecular weight is 777 g/mol. The van der Waals surface area contributed by atoms with E-state index in [0.717, 1.165) is 51.4 Å². The van der Waals surface area contributed by atoms with Gasteiger partial charge in [-0.05, 0) is 55.7 Å². The molecule has 0 aliphatic rings. The molecule has 2 aromatic rings. The highest BCUT2D eigenvalue weighted by Crippen LogP contribution is 2.29. The molecule has 7 nitrogen and oxygen atoms in total. The lowest BCUT2D eigenvalue weighted by Crippen LogP contribution is -2.13. The summed E-state index contributed by atoms with van der Waals surface area (Å²) < 4.78 is 17.0. The van der Waals surface area contributed by atoms with Gasteiger partial charge in [-0.15, -0.1) is 0 Å². The van der Waals surface area contributed by atoms with E-state index in [4.69, 9.17) is 14.2 Å². The first kappa shape index (κ1) is 48.7. The minimum atomic E-state index is -0.422. The molecule has 0 saturated carbocycles. The number of unbranched alkanes of at least 4 members (excludes halogenated alkanes) is 24. The van der Waals surface area contributed by atoms with Gasteiger partial charge in [-0.25, -0.2) is 0 Å². The predicted octanol–water partition coefficient (Wildman–Crippen LogP) is 14.4. The highest BCUT2D eigenvalue weighted by atomic mass is 16.5. The summed E-state index contributed by atoms with van der Waals surface area (Å²) in [5.74, 6) is -0.712. The molecule has 0 N–H and O–H groups in total. The van der Waals surface area contributed by atoms with Crippen molar-refractivity contribution >= 4 is 23.7 Å². The monoisotopic (exact) mass is 777 g/mol. The number of hydrogen-bond donors (Lipinski definition) is 0. The van der Waals surface area contributed by atoms with E-state index in [1.165, 1.54) is 122 Å². The molecule has 0 aromatic heterocycles. The molecule has 0 atom stereocenters. The Morgan fingerprint density at radius 3 is 1.09 bits per heavy atom. The molecule has 0 saturated heterocycles. The Morgan fingerprint density at radius 2 is 0.696 bits per heavy atom. The van der Waals surface area contributed by atoms with Gasteiger partial charge in [0.05, 0.1) is 5.56 Å². The summed E-state index contributed by atoms with van der Waals surface area (Å²) in [6, 6.07) is 11.0. The van der Waals surface area contributed by atoms with Crippen LogP contribution in [0.1, 0.15) is 229 Å². The molecule has 0 spiro atoms. The van der Waals surface area contributed by atoms with E-state index in [-0.39, 0.29) is 41.2 Å².